The number of rotatable bonds is 2. The smallest absolute Gasteiger partial charge is 0.143 e. The molecule has 0 atom stereocenters. The van der Waals surface area contributed by atoms with Crippen molar-refractivity contribution in [2.24, 2.45) is 0 Å². The molecule has 1 N–H and O–H groups in total. The lowest BCUT2D eigenvalue weighted by Gasteiger charge is -2.04. The molecule has 0 fully saturated rings. The van der Waals surface area contributed by atoms with Crippen LogP contribution in [0.2, 0.25) is 5.15 Å². The van der Waals surface area contributed by atoms with Gasteiger partial charge in [-0.25, -0.2) is 9.97 Å². The summed E-state index contributed by atoms with van der Waals surface area (Å²) in [6.07, 6.45) is 1.52. The predicted molar refractivity (Wildman–Crippen MR) is 78.6 cm³/mol. The molecule has 0 amide bonds. The van der Waals surface area contributed by atoms with Crippen molar-refractivity contribution in [2.45, 2.75) is 0 Å². The molecule has 0 saturated heterocycles. The molecule has 4 nitrogen and oxygen atoms in total. The predicted octanol–water partition coefficient (Wildman–Crippen LogP) is 4.05. The molecule has 0 aliphatic carbocycles. The van der Waals surface area contributed by atoms with Crippen molar-refractivity contribution >= 4 is 38.6 Å². The largest absolute Gasteiger partial charge is 0.497 e. The van der Waals surface area contributed by atoms with Crippen LogP contribution in [0.3, 0.4) is 0 Å². The molecule has 0 spiro atoms. The molecule has 6 heteroatoms. The van der Waals surface area contributed by atoms with E-state index >= 15 is 0 Å². The van der Waals surface area contributed by atoms with Crippen molar-refractivity contribution in [3.8, 4) is 17.0 Å². The Labute approximate surface area is 122 Å². The van der Waals surface area contributed by atoms with Crippen LogP contribution in [0.25, 0.3) is 22.3 Å². The monoisotopic (exact) mass is 337 g/mol. The van der Waals surface area contributed by atoms with Crippen LogP contribution in [-0.2, 0) is 0 Å². The molecule has 0 radical (unpaired) electrons. The Morgan fingerprint density at radius 1 is 1.21 bits per heavy atom. The number of hydrogen-bond donors (Lipinski definition) is 1. The molecule has 2 heterocycles. The number of halogens is 2. The van der Waals surface area contributed by atoms with E-state index in [-0.39, 0.29) is 0 Å². The molecule has 0 aliphatic rings. The van der Waals surface area contributed by atoms with Crippen LogP contribution in [0.4, 0.5) is 0 Å². The lowest BCUT2D eigenvalue weighted by molar-refractivity contribution is 0.415. The van der Waals surface area contributed by atoms with Gasteiger partial charge in [-0.15, -0.1) is 0 Å². The Bertz CT molecular complexity index is 739. The van der Waals surface area contributed by atoms with Gasteiger partial charge in [0, 0.05) is 5.56 Å². The van der Waals surface area contributed by atoms with Gasteiger partial charge in [-0.3, -0.25) is 0 Å². The SMILES string of the molecule is COc1ccc(-c2ncnc3[nH]c(Cl)c(Br)c23)cc1. The molecular weight excluding hydrogens is 330 g/mol. The van der Waals surface area contributed by atoms with Gasteiger partial charge in [0.15, 0.2) is 0 Å². The zero-order valence-electron chi connectivity index (χ0n) is 9.95. The second kappa shape index (κ2) is 4.83. The molecule has 96 valence electrons. The third-order valence-electron chi connectivity index (χ3n) is 2.85. The number of nitrogens with zero attached hydrogens (tertiary/aromatic N) is 2. The van der Waals surface area contributed by atoms with Gasteiger partial charge in [-0.05, 0) is 40.2 Å². The van der Waals surface area contributed by atoms with Crippen LogP contribution < -0.4 is 4.74 Å². The van der Waals surface area contributed by atoms with Gasteiger partial charge in [0.1, 0.15) is 22.9 Å². The Hall–Kier alpha value is -1.59. The van der Waals surface area contributed by atoms with Crippen molar-refractivity contribution in [3.05, 3.63) is 40.2 Å². The van der Waals surface area contributed by atoms with E-state index in [4.69, 9.17) is 16.3 Å². The average molecular weight is 339 g/mol. The Morgan fingerprint density at radius 3 is 2.63 bits per heavy atom. The fourth-order valence-corrected chi connectivity index (χ4v) is 2.58. The van der Waals surface area contributed by atoms with E-state index in [2.05, 4.69) is 30.9 Å². The molecule has 0 aliphatic heterocycles. The summed E-state index contributed by atoms with van der Waals surface area (Å²) in [7, 11) is 1.64. The molecule has 0 bridgehead atoms. The number of aromatic nitrogens is 3. The van der Waals surface area contributed by atoms with Gasteiger partial charge in [-0.2, -0.15) is 0 Å². The van der Waals surface area contributed by atoms with Crippen molar-refractivity contribution in [1.29, 1.82) is 0 Å². The van der Waals surface area contributed by atoms with E-state index < -0.39 is 0 Å². The highest BCUT2D eigenvalue weighted by atomic mass is 79.9. The third kappa shape index (κ3) is 2.09. The highest BCUT2D eigenvalue weighted by Crippen LogP contribution is 2.36. The first kappa shape index (κ1) is 12.4. The molecule has 0 saturated carbocycles. The topological polar surface area (TPSA) is 50.8 Å². The molecule has 2 aromatic heterocycles. The van der Waals surface area contributed by atoms with Gasteiger partial charge in [0.2, 0.25) is 0 Å². The number of benzene rings is 1. The maximum absolute atomic E-state index is 6.07. The van der Waals surface area contributed by atoms with Crippen LogP contribution in [-0.4, -0.2) is 22.1 Å². The van der Waals surface area contributed by atoms with Crippen LogP contribution >= 0.6 is 27.5 Å². The van der Waals surface area contributed by atoms with Crippen molar-refractivity contribution < 1.29 is 4.74 Å². The van der Waals surface area contributed by atoms with Crippen molar-refractivity contribution in [1.82, 2.24) is 15.0 Å². The zero-order chi connectivity index (χ0) is 13.4. The second-order valence-corrected chi connectivity index (χ2v) is 5.10. The Morgan fingerprint density at radius 2 is 1.95 bits per heavy atom. The number of H-pyrrole nitrogens is 1. The standard InChI is InChI=1S/C13H9BrClN3O/c1-19-8-4-2-7(3-5-8)11-9-10(14)12(15)18-13(9)17-6-16-11/h2-6H,1H3,(H,16,17,18). The minimum absolute atomic E-state index is 0.519. The summed E-state index contributed by atoms with van der Waals surface area (Å²) in [6.45, 7) is 0. The van der Waals surface area contributed by atoms with Gasteiger partial charge in [-0.1, -0.05) is 11.6 Å². The molecular formula is C13H9BrClN3O. The molecule has 19 heavy (non-hydrogen) atoms. The Kier molecular flexibility index (Phi) is 3.16. The summed E-state index contributed by atoms with van der Waals surface area (Å²) in [5.74, 6) is 0.806. The molecule has 3 rings (SSSR count). The third-order valence-corrected chi connectivity index (χ3v) is 4.16. The van der Waals surface area contributed by atoms with Gasteiger partial charge in [0.05, 0.1) is 22.7 Å². The normalized spacial score (nSPS) is 10.9. The average Bonchev–Trinajstić information content (AvgIpc) is 2.74. The lowest BCUT2D eigenvalue weighted by atomic mass is 10.1. The van der Waals surface area contributed by atoms with Crippen LogP contribution in [0.15, 0.2) is 35.1 Å². The highest BCUT2D eigenvalue weighted by molar-refractivity contribution is 9.10. The number of ether oxygens (including phenoxy) is 1. The van der Waals surface area contributed by atoms with Crippen molar-refractivity contribution in [2.75, 3.05) is 7.11 Å². The van der Waals surface area contributed by atoms with E-state index in [1.54, 1.807) is 7.11 Å². The summed E-state index contributed by atoms with van der Waals surface area (Å²) >= 11 is 9.53. The number of fused-ring (bicyclic) bond motifs is 1. The lowest BCUT2D eigenvalue weighted by Crippen LogP contribution is -1.88. The first-order chi connectivity index (χ1) is 9.20. The van der Waals surface area contributed by atoms with E-state index in [0.717, 1.165) is 26.9 Å². The number of nitrogens with one attached hydrogen (secondary N) is 1. The van der Waals surface area contributed by atoms with E-state index in [9.17, 15) is 0 Å². The number of hydrogen-bond acceptors (Lipinski definition) is 3. The fraction of sp³-hybridized carbons (Fsp3) is 0.0769. The summed E-state index contributed by atoms with van der Waals surface area (Å²) in [5, 5.41) is 1.39. The minimum Gasteiger partial charge on any atom is -0.497 e. The number of methoxy groups -OCH3 is 1. The highest BCUT2D eigenvalue weighted by Gasteiger charge is 2.14. The van der Waals surface area contributed by atoms with Crippen LogP contribution in [0.1, 0.15) is 0 Å². The zero-order valence-corrected chi connectivity index (χ0v) is 12.3. The maximum atomic E-state index is 6.07. The quantitative estimate of drug-likeness (QED) is 0.767. The van der Waals surface area contributed by atoms with Gasteiger partial charge < -0.3 is 9.72 Å². The molecule has 1 aromatic carbocycles. The number of aromatic amines is 1. The van der Waals surface area contributed by atoms with E-state index in [1.807, 2.05) is 24.3 Å². The fourth-order valence-electron chi connectivity index (χ4n) is 1.92. The maximum Gasteiger partial charge on any atom is 0.143 e. The summed E-state index contributed by atoms with van der Waals surface area (Å²) in [4.78, 5) is 11.5. The Balaban J connectivity index is 2.23. The molecule has 3 aromatic rings. The first-order valence-electron chi connectivity index (χ1n) is 5.53. The van der Waals surface area contributed by atoms with Crippen molar-refractivity contribution in [3.63, 3.8) is 0 Å². The summed E-state index contributed by atoms with van der Waals surface area (Å²) < 4.78 is 5.92. The van der Waals surface area contributed by atoms with Gasteiger partial charge in [0.25, 0.3) is 0 Å². The van der Waals surface area contributed by atoms with Gasteiger partial charge >= 0.3 is 0 Å². The summed E-state index contributed by atoms with van der Waals surface area (Å²) in [6, 6.07) is 7.69. The molecule has 0 unspecified atom stereocenters. The van der Waals surface area contributed by atoms with E-state index in [1.165, 1.54) is 6.33 Å². The van der Waals surface area contributed by atoms with Crippen LogP contribution in [0.5, 0.6) is 5.75 Å². The van der Waals surface area contributed by atoms with E-state index in [0.29, 0.717) is 10.8 Å². The minimum atomic E-state index is 0.519. The second-order valence-electron chi connectivity index (χ2n) is 3.93. The van der Waals surface area contributed by atoms with Crippen LogP contribution in [0, 0.1) is 0 Å². The summed E-state index contributed by atoms with van der Waals surface area (Å²) in [5.41, 5.74) is 2.50. The first-order valence-corrected chi connectivity index (χ1v) is 6.70.